The maximum Gasteiger partial charge on any atom is 0.409 e. The fourth-order valence-electron chi connectivity index (χ4n) is 1.35. The van der Waals surface area contributed by atoms with Crippen LogP contribution < -0.4 is 5.73 Å². The summed E-state index contributed by atoms with van der Waals surface area (Å²) in [5, 5.41) is 9.30. The third-order valence-corrected chi connectivity index (χ3v) is 2.15. The Morgan fingerprint density at radius 1 is 1.77 bits per heavy atom. The minimum atomic E-state index is -0.495. The van der Waals surface area contributed by atoms with Crippen LogP contribution in [0.1, 0.15) is 13.3 Å². The van der Waals surface area contributed by atoms with Crippen LogP contribution in [-0.2, 0) is 4.74 Å². The van der Waals surface area contributed by atoms with Crippen molar-refractivity contribution in [3.63, 3.8) is 0 Å². The molecule has 1 aliphatic heterocycles. The number of nitrogens with zero attached hydrogens (tertiary/aromatic N) is 1. The zero-order chi connectivity index (χ0) is 9.84. The number of piperidine rings is 1. The number of hydrogen-bond acceptors (Lipinski definition) is 4. The molecule has 2 unspecified atom stereocenters. The number of amides is 1. The topological polar surface area (TPSA) is 75.8 Å². The van der Waals surface area contributed by atoms with Gasteiger partial charge in [-0.1, -0.05) is 0 Å². The molecule has 0 saturated carbocycles. The highest BCUT2D eigenvalue weighted by atomic mass is 16.6. The molecule has 0 aliphatic carbocycles. The average molecular weight is 188 g/mol. The van der Waals surface area contributed by atoms with Crippen LogP contribution in [-0.4, -0.2) is 47.9 Å². The van der Waals surface area contributed by atoms with Crippen LogP contribution in [0.5, 0.6) is 0 Å². The summed E-state index contributed by atoms with van der Waals surface area (Å²) in [5.74, 6) is 0. The van der Waals surface area contributed by atoms with Crippen molar-refractivity contribution < 1.29 is 14.6 Å². The van der Waals surface area contributed by atoms with Crippen molar-refractivity contribution >= 4 is 6.09 Å². The number of nitrogens with two attached hydrogens (primary N) is 1. The molecule has 1 amide bonds. The summed E-state index contributed by atoms with van der Waals surface area (Å²) in [6.45, 7) is 3.03. The van der Waals surface area contributed by atoms with E-state index in [0.29, 0.717) is 26.1 Å². The predicted octanol–water partition coefficient (Wildman–Crippen LogP) is -0.463. The van der Waals surface area contributed by atoms with Crippen molar-refractivity contribution in [1.82, 2.24) is 4.90 Å². The van der Waals surface area contributed by atoms with Crippen LogP contribution in [0, 0.1) is 0 Å². The predicted molar refractivity (Wildman–Crippen MR) is 47.2 cm³/mol. The molecule has 13 heavy (non-hydrogen) atoms. The van der Waals surface area contributed by atoms with Crippen LogP contribution in [0.15, 0.2) is 0 Å². The minimum Gasteiger partial charge on any atom is -0.450 e. The highest BCUT2D eigenvalue weighted by Gasteiger charge is 2.28. The van der Waals surface area contributed by atoms with Gasteiger partial charge >= 0.3 is 6.09 Å². The van der Waals surface area contributed by atoms with Gasteiger partial charge in [-0.25, -0.2) is 4.79 Å². The average Bonchev–Trinajstić information content (AvgIpc) is 2.10. The highest BCUT2D eigenvalue weighted by molar-refractivity contribution is 5.67. The Kier molecular flexibility index (Phi) is 3.50. The molecule has 1 rings (SSSR count). The second-order valence-electron chi connectivity index (χ2n) is 3.16. The molecule has 2 atom stereocenters. The van der Waals surface area contributed by atoms with E-state index >= 15 is 0 Å². The van der Waals surface area contributed by atoms with E-state index in [9.17, 15) is 9.90 Å². The van der Waals surface area contributed by atoms with Crippen molar-refractivity contribution in [1.29, 1.82) is 0 Å². The van der Waals surface area contributed by atoms with Gasteiger partial charge in [-0.15, -0.1) is 0 Å². The zero-order valence-corrected chi connectivity index (χ0v) is 7.77. The van der Waals surface area contributed by atoms with Gasteiger partial charge in [0.15, 0.2) is 0 Å². The third-order valence-electron chi connectivity index (χ3n) is 2.15. The molecule has 0 aromatic carbocycles. The Hall–Kier alpha value is -0.810. The molecule has 0 aromatic rings. The number of carbonyl (C=O) groups is 1. The van der Waals surface area contributed by atoms with Gasteiger partial charge in [0.2, 0.25) is 0 Å². The van der Waals surface area contributed by atoms with Gasteiger partial charge in [0, 0.05) is 19.1 Å². The van der Waals surface area contributed by atoms with Crippen molar-refractivity contribution in [2.24, 2.45) is 5.73 Å². The van der Waals surface area contributed by atoms with Crippen LogP contribution in [0.3, 0.4) is 0 Å². The molecular formula is C8H16N2O3. The molecule has 3 N–H and O–H groups in total. The zero-order valence-electron chi connectivity index (χ0n) is 7.77. The molecule has 1 saturated heterocycles. The van der Waals surface area contributed by atoms with E-state index < -0.39 is 6.10 Å². The number of carbonyl (C=O) groups excluding carboxylic acids is 1. The normalized spacial score (nSPS) is 28.7. The number of aliphatic hydroxyl groups is 1. The molecule has 1 heterocycles. The first-order valence-electron chi connectivity index (χ1n) is 4.50. The smallest absolute Gasteiger partial charge is 0.409 e. The lowest BCUT2D eigenvalue weighted by molar-refractivity contribution is 0.0485. The Bertz CT molecular complexity index is 186. The molecule has 0 radical (unpaired) electrons. The fourth-order valence-corrected chi connectivity index (χ4v) is 1.35. The molecular weight excluding hydrogens is 172 g/mol. The Morgan fingerprint density at radius 3 is 3.00 bits per heavy atom. The molecule has 0 aromatic heterocycles. The van der Waals surface area contributed by atoms with Crippen LogP contribution in [0.4, 0.5) is 4.79 Å². The summed E-state index contributed by atoms with van der Waals surface area (Å²) in [4.78, 5) is 12.7. The first-order valence-corrected chi connectivity index (χ1v) is 4.50. The van der Waals surface area contributed by atoms with E-state index in [4.69, 9.17) is 10.5 Å². The van der Waals surface area contributed by atoms with Gasteiger partial charge in [0.1, 0.15) is 0 Å². The summed E-state index contributed by atoms with van der Waals surface area (Å²) in [7, 11) is 0. The van der Waals surface area contributed by atoms with Crippen molar-refractivity contribution in [3.05, 3.63) is 0 Å². The maximum absolute atomic E-state index is 11.2. The van der Waals surface area contributed by atoms with Gasteiger partial charge in [-0.05, 0) is 13.3 Å². The quantitative estimate of drug-likeness (QED) is 0.583. The van der Waals surface area contributed by atoms with E-state index in [2.05, 4.69) is 0 Å². The first kappa shape index (κ1) is 10.3. The number of aliphatic hydroxyl groups excluding tert-OH is 1. The summed E-state index contributed by atoms with van der Waals surface area (Å²) >= 11 is 0. The van der Waals surface area contributed by atoms with Crippen molar-refractivity contribution in [3.8, 4) is 0 Å². The van der Waals surface area contributed by atoms with Crippen LogP contribution in [0.25, 0.3) is 0 Å². The number of ether oxygens (including phenoxy) is 1. The molecule has 5 nitrogen and oxygen atoms in total. The van der Waals surface area contributed by atoms with E-state index in [1.54, 1.807) is 6.92 Å². The largest absolute Gasteiger partial charge is 0.450 e. The lowest BCUT2D eigenvalue weighted by Gasteiger charge is -2.33. The third kappa shape index (κ3) is 2.57. The summed E-state index contributed by atoms with van der Waals surface area (Å²) in [5.41, 5.74) is 5.60. The van der Waals surface area contributed by atoms with Gasteiger partial charge in [-0.2, -0.15) is 0 Å². The van der Waals surface area contributed by atoms with E-state index in [-0.39, 0.29) is 12.1 Å². The molecule has 0 bridgehead atoms. The van der Waals surface area contributed by atoms with Gasteiger partial charge in [-0.3, -0.25) is 0 Å². The Balaban J connectivity index is 2.40. The second kappa shape index (κ2) is 4.43. The van der Waals surface area contributed by atoms with Gasteiger partial charge < -0.3 is 20.5 Å². The van der Waals surface area contributed by atoms with Crippen LogP contribution in [0.2, 0.25) is 0 Å². The summed E-state index contributed by atoms with van der Waals surface area (Å²) in [6, 6.07) is -0.349. The lowest BCUT2D eigenvalue weighted by Crippen LogP contribution is -2.53. The van der Waals surface area contributed by atoms with Crippen molar-refractivity contribution in [2.45, 2.75) is 25.5 Å². The summed E-state index contributed by atoms with van der Waals surface area (Å²) in [6.07, 6.45) is -0.310. The van der Waals surface area contributed by atoms with E-state index in [0.717, 1.165) is 0 Å². The first-order chi connectivity index (χ1) is 6.15. The Labute approximate surface area is 77.5 Å². The fraction of sp³-hybridized carbons (Fsp3) is 0.875. The standard InChI is InChI=1S/C8H16N2O3/c1-2-13-8(12)10-4-3-7(11)6(9)5-10/h6-7,11H,2-5,9H2,1H3. The number of rotatable bonds is 1. The highest BCUT2D eigenvalue weighted by Crippen LogP contribution is 2.10. The number of likely N-dealkylation sites (tertiary alicyclic amines) is 1. The number of hydrogen-bond donors (Lipinski definition) is 2. The minimum absolute atomic E-state index is 0.343. The molecule has 76 valence electrons. The second-order valence-corrected chi connectivity index (χ2v) is 3.16. The monoisotopic (exact) mass is 188 g/mol. The molecule has 1 aliphatic rings. The van der Waals surface area contributed by atoms with Gasteiger partial charge in [0.05, 0.1) is 12.7 Å². The molecule has 1 fully saturated rings. The maximum atomic E-state index is 11.2. The van der Waals surface area contributed by atoms with E-state index in [1.165, 1.54) is 4.90 Å². The molecule has 0 spiro atoms. The van der Waals surface area contributed by atoms with E-state index in [1.807, 2.05) is 0 Å². The lowest BCUT2D eigenvalue weighted by atomic mass is 10.0. The SMILES string of the molecule is CCOC(=O)N1CCC(O)C(N)C1. The van der Waals surface area contributed by atoms with Gasteiger partial charge in [0.25, 0.3) is 0 Å². The Morgan fingerprint density at radius 2 is 2.46 bits per heavy atom. The van der Waals surface area contributed by atoms with Crippen LogP contribution >= 0.6 is 0 Å². The molecule has 5 heteroatoms. The van der Waals surface area contributed by atoms with Crippen molar-refractivity contribution in [2.75, 3.05) is 19.7 Å². The summed E-state index contributed by atoms with van der Waals surface area (Å²) < 4.78 is 4.81.